The van der Waals surface area contributed by atoms with E-state index in [0.29, 0.717) is 12.0 Å². The lowest BCUT2D eigenvalue weighted by atomic mass is 9.98. The van der Waals surface area contributed by atoms with E-state index in [0.717, 1.165) is 5.56 Å². The highest BCUT2D eigenvalue weighted by Gasteiger charge is 2.11. The first-order chi connectivity index (χ1) is 8.16. The van der Waals surface area contributed by atoms with Crippen LogP contribution in [0.15, 0.2) is 48.5 Å². The van der Waals surface area contributed by atoms with Crippen molar-refractivity contribution < 1.29 is 4.39 Å². The van der Waals surface area contributed by atoms with E-state index in [2.05, 4.69) is 6.07 Å². The molecule has 0 bridgehead atoms. The largest absolute Gasteiger partial charge is 0.324 e. The van der Waals surface area contributed by atoms with Crippen molar-refractivity contribution >= 4 is 0 Å². The lowest BCUT2D eigenvalue weighted by molar-refractivity contribution is 0.580. The summed E-state index contributed by atoms with van der Waals surface area (Å²) in [6.07, 6.45) is 0.655. The maximum atomic E-state index is 13.5. The quantitative estimate of drug-likeness (QED) is 0.858. The molecule has 0 fully saturated rings. The highest BCUT2D eigenvalue weighted by molar-refractivity contribution is 5.27. The number of hydrogen-bond acceptors (Lipinski definition) is 1. The van der Waals surface area contributed by atoms with Crippen molar-refractivity contribution in [3.63, 3.8) is 0 Å². The van der Waals surface area contributed by atoms with E-state index < -0.39 is 0 Å². The molecule has 2 aromatic rings. The first-order valence-corrected chi connectivity index (χ1v) is 5.72. The molecule has 0 spiro atoms. The Kier molecular flexibility index (Phi) is 3.55. The molecule has 1 unspecified atom stereocenters. The lowest BCUT2D eigenvalue weighted by Gasteiger charge is -2.13. The number of benzene rings is 2. The summed E-state index contributed by atoms with van der Waals surface area (Å²) < 4.78 is 13.5. The zero-order chi connectivity index (χ0) is 12.3. The zero-order valence-corrected chi connectivity index (χ0v) is 9.86. The Morgan fingerprint density at radius 2 is 1.88 bits per heavy atom. The SMILES string of the molecule is Cc1cccc(CC(N)c2ccccc2F)c1. The minimum atomic E-state index is -0.294. The molecule has 2 heteroatoms. The molecule has 2 aromatic carbocycles. The van der Waals surface area contributed by atoms with E-state index >= 15 is 0 Å². The van der Waals surface area contributed by atoms with Gasteiger partial charge in [0.25, 0.3) is 0 Å². The minimum absolute atomic E-state index is 0.229. The van der Waals surface area contributed by atoms with E-state index in [1.807, 2.05) is 31.2 Å². The molecule has 2 rings (SSSR count). The molecular weight excluding hydrogens is 213 g/mol. The Hall–Kier alpha value is -1.67. The average Bonchev–Trinajstić information content (AvgIpc) is 2.29. The van der Waals surface area contributed by atoms with Gasteiger partial charge in [-0.15, -0.1) is 0 Å². The van der Waals surface area contributed by atoms with Gasteiger partial charge in [-0.3, -0.25) is 0 Å². The maximum Gasteiger partial charge on any atom is 0.127 e. The number of rotatable bonds is 3. The summed E-state index contributed by atoms with van der Waals surface area (Å²) in [5.41, 5.74) is 8.95. The molecule has 0 saturated carbocycles. The second-order valence-electron chi connectivity index (χ2n) is 4.32. The minimum Gasteiger partial charge on any atom is -0.324 e. The van der Waals surface area contributed by atoms with Crippen molar-refractivity contribution in [3.05, 3.63) is 71.0 Å². The summed E-state index contributed by atoms with van der Waals surface area (Å²) in [5.74, 6) is -0.229. The summed E-state index contributed by atoms with van der Waals surface area (Å²) in [5, 5.41) is 0. The van der Waals surface area contributed by atoms with Crippen LogP contribution in [0.2, 0.25) is 0 Å². The molecular formula is C15H16FN. The first-order valence-electron chi connectivity index (χ1n) is 5.72. The van der Waals surface area contributed by atoms with Crippen molar-refractivity contribution in [2.75, 3.05) is 0 Å². The van der Waals surface area contributed by atoms with Gasteiger partial charge in [-0.25, -0.2) is 4.39 Å². The number of aryl methyl sites for hydroxylation is 1. The Balaban J connectivity index is 2.17. The Labute approximate surface area is 101 Å². The van der Waals surface area contributed by atoms with E-state index in [1.165, 1.54) is 11.6 Å². The van der Waals surface area contributed by atoms with Crippen LogP contribution in [-0.4, -0.2) is 0 Å². The smallest absolute Gasteiger partial charge is 0.127 e. The molecule has 0 amide bonds. The predicted molar refractivity (Wildman–Crippen MR) is 68.2 cm³/mol. The monoisotopic (exact) mass is 229 g/mol. The molecule has 0 heterocycles. The van der Waals surface area contributed by atoms with Crippen molar-refractivity contribution in [1.29, 1.82) is 0 Å². The lowest BCUT2D eigenvalue weighted by Crippen LogP contribution is -2.14. The normalized spacial score (nSPS) is 12.4. The number of nitrogens with two attached hydrogens (primary N) is 1. The van der Waals surface area contributed by atoms with Crippen LogP contribution >= 0.6 is 0 Å². The maximum absolute atomic E-state index is 13.5. The summed E-state index contributed by atoms with van der Waals surface area (Å²) >= 11 is 0. The van der Waals surface area contributed by atoms with Gasteiger partial charge < -0.3 is 5.73 Å². The van der Waals surface area contributed by atoms with Gasteiger partial charge in [0.2, 0.25) is 0 Å². The van der Waals surface area contributed by atoms with Crippen molar-refractivity contribution in [3.8, 4) is 0 Å². The number of halogens is 1. The number of hydrogen-bond donors (Lipinski definition) is 1. The van der Waals surface area contributed by atoms with Gasteiger partial charge in [0.15, 0.2) is 0 Å². The van der Waals surface area contributed by atoms with Crippen LogP contribution in [0.1, 0.15) is 22.7 Å². The second-order valence-corrected chi connectivity index (χ2v) is 4.32. The molecule has 0 saturated heterocycles. The Bertz CT molecular complexity index is 508. The third-order valence-corrected chi connectivity index (χ3v) is 2.84. The standard InChI is InChI=1S/C15H16FN/c1-11-5-4-6-12(9-11)10-15(17)13-7-2-3-8-14(13)16/h2-9,15H,10,17H2,1H3. The Morgan fingerprint density at radius 1 is 1.12 bits per heavy atom. The van der Waals surface area contributed by atoms with Crippen LogP contribution in [0.5, 0.6) is 0 Å². The summed E-state index contributed by atoms with van der Waals surface area (Å²) in [7, 11) is 0. The van der Waals surface area contributed by atoms with Crippen molar-refractivity contribution in [1.82, 2.24) is 0 Å². The second kappa shape index (κ2) is 5.11. The third kappa shape index (κ3) is 2.92. The van der Waals surface area contributed by atoms with E-state index in [4.69, 9.17) is 5.73 Å². The summed E-state index contributed by atoms with van der Waals surface area (Å²) in [6, 6.07) is 14.5. The van der Waals surface area contributed by atoms with Gasteiger partial charge in [-0.1, -0.05) is 48.0 Å². The highest BCUT2D eigenvalue weighted by Crippen LogP contribution is 2.19. The molecule has 0 radical (unpaired) electrons. The van der Waals surface area contributed by atoms with Gasteiger partial charge in [-0.05, 0) is 25.0 Å². The fraction of sp³-hybridized carbons (Fsp3) is 0.200. The highest BCUT2D eigenvalue weighted by atomic mass is 19.1. The fourth-order valence-corrected chi connectivity index (χ4v) is 1.98. The predicted octanol–water partition coefficient (Wildman–Crippen LogP) is 3.38. The van der Waals surface area contributed by atoms with Crippen LogP contribution in [0.25, 0.3) is 0 Å². The van der Waals surface area contributed by atoms with Crippen LogP contribution in [0, 0.1) is 12.7 Å². The molecule has 88 valence electrons. The first kappa shape index (κ1) is 11.8. The molecule has 0 aliphatic rings. The van der Waals surface area contributed by atoms with Gasteiger partial charge in [0.05, 0.1) is 0 Å². The van der Waals surface area contributed by atoms with Crippen molar-refractivity contribution in [2.24, 2.45) is 5.73 Å². The zero-order valence-electron chi connectivity index (χ0n) is 9.86. The van der Waals surface area contributed by atoms with Crippen molar-refractivity contribution in [2.45, 2.75) is 19.4 Å². The van der Waals surface area contributed by atoms with Crippen LogP contribution in [-0.2, 0) is 6.42 Å². The summed E-state index contributed by atoms with van der Waals surface area (Å²) in [6.45, 7) is 2.04. The average molecular weight is 229 g/mol. The van der Waals surface area contributed by atoms with Crippen LogP contribution in [0.3, 0.4) is 0 Å². The molecule has 2 N–H and O–H groups in total. The molecule has 17 heavy (non-hydrogen) atoms. The van der Waals surface area contributed by atoms with Crippen LogP contribution in [0.4, 0.5) is 4.39 Å². The Morgan fingerprint density at radius 3 is 2.59 bits per heavy atom. The molecule has 0 aromatic heterocycles. The van der Waals surface area contributed by atoms with Gasteiger partial charge in [-0.2, -0.15) is 0 Å². The third-order valence-electron chi connectivity index (χ3n) is 2.84. The topological polar surface area (TPSA) is 26.0 Å². The molecule has 1 nitrogen and oxygen atoms in total. The van der Waals surface area contributed by atoms with E-state index in [-0.39, 0.29) is 11.9 Å². The fourth-order valence-electron chi connectivity index (χ4n) is 1.98. The molecule has 1 atom stereocenters. The van der Waals surface area contributed by atoms with E-state index in [1.54, 1.807) is 12.1 Å². The van der Waals surface area contributed by atoms with Gasteiger partial charge >= 0.3 is 0 Å². The van der Waals surface area contributed by atoms with Crippen LogP contribution < -0.4 is 5.73 Å². The molecule has 0 aliphatic carbocycles. The van der Waals surface area contributed by atoms with E-state index in [9.17, 15) is 4.39 Å². The van der Waals surface area contributed by atoms with Gasteiger partial charge in [0.1, 0.15) is 5.82 Å². The summed E-state index contributed by atoms with van der Waals surface area (Å²) in [4.78, 5) is 0. The van der Waals surface area contributed by atoms with Gasteiger partial charge in [0, 0.05) is 11.6 Å². The molecule has 0 aliphatic heterocycles.